The van der Waals surface area contributed by atoms with E-state index in [0.717, 1.165) is 0 Å². The molecule has 0 bridgehead atoms. The standard InChI is InChI=1S/C17H20ClN3O5S/c1-25-11-12-26-17-14(6-4-9-19-17)21-16(22)8-10-20-27(23,24)15-7-3-2-5-13(15)18/h2-7,9,20H,8,10-12H2,1H3,(H,21,22). The van der Waals surface area contributed by atoms with Crippen molar-refractivity contribution < 1.29 is 22.7 Å². The normalized spacial score (nSPS) is 11.2. The zero-order valence-corrected chi connectivity index (χ0v) is 16.2. The van der Waals surface area contributed by atoms with Crippen LogP contribution in [0.5, 0.6) is 5.88 Å². The summed E-state index contributed by atoms with van der Waals surface area (Å²) in [4.78, 5) is 16.1. The van der Waals surface area contributed by atoms with Crippen molar-refractivity contribution in [1.82, 2.24) is 9.71 Å². The highest BCUT2D eigenvalue weighted by Crippen LogP contribution is 2.21. The SMILES string of the molecule is COCCOc1ncccc1NC(=O)CCNS(=O)(=O)c1ccccc1Cl. The summed E-state index contributed by atoms with van der Waals surface area (Å²) in [5, 5.41) is 2.76. The molecule has 0 radical (unpaired) electrons. The van der Waals surface area contributed by atoms with Gasteiger partial charge in [-0.05, 0) is 24.3 Å². The van der Waals surface area contributed by atoms with Gasteiger partial charge in [0.1, 0.15) is 17.2 Å². The number of ether oxygens (including phenoxy) is 2. The molecule has 1 aromatic heterocycles. The van der Waals surface area contributed by atoms with Crippen LogP contribution in [0.4, 0.5) is 5.69 Å². The molecule has 0 aliphatic carbocycles. The van der Waals surface area contributed by atoms with Crippen LogP contribution in [0.15, 0.2) is 47.5 Å². The van der Waals surface area contributed by atoms with E-state index >= 15 is 0 Å². The van der Waals surface area contributed by atoms with Crippen LogP contribution in [0.1, 0.15) is 6.42 Å². The highest BCUT2D eigenvalue weighted by Gasteiger charge is 2.17. The average molecular weight is 414 g/mol. The molecule has 0 spiro atoms. The molecule has 2 N–H and O–H groups in total. The van der Waals surface area contributed by atoms with Crippen LogP contribution in [0.2, 0.25) is 5.02 Å². The Hall–Kier alpha value is -2.20. The number of pyridine rings is 1. The molecule has 2 aromatic rings. The topological polar surface area (TPSA) is 107 Å². The fraction of sp³-hybridized carbons (Fsp3) is 0.294. The summed E-state index contributed by atoms with van der Waals surface area (Å²) in [5.74, 6) is -0.124. The first-order valence-corrected chi connectivity index (χ1v) is 9.91. The van der Waals surface area contributed by atoms with Gasteiger partial charge in [-0.1, -0.05) is 23.7 Å². The summed E-state index contributed by atoms with van der Waals surface area (Å²) < 4.78 is 37.1. The minimum absolute atomic E-state index is 0.0341. The second-order valence-corrected chi connectivity index (χ2v) is 7.47. The van der Waals surface area contributed by atoms with E-state index in [1.807, 2.05) is 0 Å². The first kappa shape index (κ1) is 21.1. The number of anilines is 1. The molecule has 0 aliphatic rings. The van der Waals surface area contributed by atoms with Crippen LogP contribution in [-0.2, 0) is 19.6 Å². The van der Waals surface area contributed by atoms with Gasteiger partial charge in [-0.3, -0.25) is 4.79 Å². The number of carbonyl (C=O) groups is 1. The van der Waals surface area contributed by atoms with Gasteiger partial charge in [0.05, 0.1) is 11.6 Å². The van der Waals surface area contributed by atoms with Gasteiger partial charge in [0.15, 0.2) is 0 Å². The van der Waals surface area contributed by atoms with Crippen molar-refractivity contribution in [2.24, 2.45) is 0 Å². The van der Waals surface area contributed by atoms with Gasteiger partial charge in [0.25, 0.3) is 0 Å². The maximum atomic E-state index is 12.2. The summed E-state index contributed by atoms with van der Waals surface area (Å²) in [6, 6.07) is 9.37. The minimum Gasteiger partial charge on any atom is -0.474 e. The Kier molecular flexibility index (Phi) is 7.99. The van der Waals surface area contributed by atoms with E-state index in [9.17, 15) is 13.2 Å². The molecule has 0 fully saturated rings. The second-order valence-electron chi connectivity index (χ2n) is 5.32. The Labute approximate surface area is 162 Å². The Morgan fingerprint density at radius 2 is 1.96 bits per heavy atom. The second kappa shape index (κ2) is 10.2. The Balaban J connectivity index is 1.89. The average Bonchev–Trinajstić information content (AvgIpc) is 2.63. The number of aromatic nitrogens is 1. The fourth-order valence-corrected chi connectivity index (χ4v) is 3.62. The largest absolute Gasteiger partial charge is 0.474 e. The number of carbonyl (C=O) groups excluding carboxylic acids is 1. The number of halogens is 1. The van der Waals surface area contributed by atoms with E-state index in [0.29, 0.717) is 12.3 Å². The van der Waals surface area contributed by atoms with Crippen molar-refractivity contribution >= 4 is 33.2 Å². The van der Waals surface area contributed by atoms with Gasteiger partial charge < -0.3 is 14.8 Å². The molecule has 27 heavy (non-hydrogen) atoms. The molecular formula is C17H20ClN3O5S. The number of nitrogens with zero attached hydrogens (tertiary/aromatic N) is 1. The van der Waals surface area contributed by atoms with Gasteiger partial charge in [0, 0.05) is 26.3 Å². The van der Waals surface area contributed by atoms with E-state index in [2.05, 4.69) is 15.0 Å². The number of benzene rings is 1. The van der Waals surface area contributed by atoms with Gasteiger partial charge in [0.2, 0.25) is 21.8 Å². The van der Waals surface area contributed by atoms with Crippen molar-refractivity contribution in [1.29, 1.82) is 0 Å². The van der Waals surface area contributed by atoms with Crippen LogP contribution in [0.25, 0.3) is 0 Å². The summed E-state index contributed by atoms with van der Waals surface area (Å²) in [6.07, 6.45) is 1.46. The molecule has 0 saturated carbocycles. The lowest BCUT2D eigenvalue weighted by atomic mass is 10.3. The lowest BCUT2D eigenvalue weighted by Gasteiger charge is -2.11. The molecule has 0 saturated heterocycles. The lowest BCUT2D eigenvalue weighted by molar-refractivity contribution is -0.116. The van der Waals surface area contributed by atoms with E-state index in [-0.39, 0.29) is 41.3 Å². The molecule has 0 aliphatic heterocycles. The third-order valence-corrected chi connectivity index (χ3v) is 5.30. The van der Waals surface area contributed by atoms with E-state index in [4.69, 9.17) is 21.1 Å². The van der Waals surface area contributed by atoms with Crippen molar-refractivity contribution in [2.45, 2.75) is 11.3 Å². The molecule has 0 unspecified atom stereocenters. The summed E-state index contributed by atoms with van der Waals surface area (Å²) in [7, 11) is -2.25. The van der Waals surface area contributed by atoms with Crippen LogP contribution < -0.4 is 14.8 Å². The van der Waals surface area contributed by atoms with Crippen molar-refractivity contribution in [3.05, 3.63) is 47.6 Å². The zero-order chi connectivity index (χ0) is 19.7. The molecule has 1 aromatic carbocycles. The molecule has 0 atom stereocenters. The number of rotatable bonds is 10. The number of sulfonamides is 1. The number of methoxy groups -OCH3 is 1. The summed E-state index contributed by atoms with van der Waals surface area (Å²) >= 11 is 5.90. The number of hydrogen-bond acceptors (Lipinski definition) is 6. The third kappa shape index (κ3) is 6.47. The minimum atomic E-state index is -3.80. The molecule has 2 rings (SSSR count). The molecule has 1 amide bonds. The highest BCUT2D eigenvalue weighted by atomic mass is 35.5. The van der Waals surface area contributed by atoms with E-state index in [1.165, 1.54) is 18.3 Å². The Morgan fingerprint density at radius 3 is 2.70 bits per heavy atom. The van der Waals surface area contributed by atoms with E-state index < -0.39 is 10.0 Å². The smallest absolute Gasteiger partial charge is 0.242 e. The molecule has 10 heteroatoms. The summed E-state index contributed by atoms with van der Waals surface area (Å²) in [5.41, 5.74) is 0.396. The number of nitrogens with one attached hydrogen (secondary N) is 2. The lowest BCUT2D eigenvalue weighted by Crippen LogP contribution is -2.28. The van der Waals surface area contributed by atoms with Crippen LogP contribution in [-0.4, -0.2) is 46.2 Å². The van der Waals surface area contributed by atoms with Crippen LogP contribution in [0.3, 0.4) is 0 Å². The first-order chi connectivity index (χ1) is 12.9. The van der Waals surface area contributed by atoms with Crippen LogP contribution >= 0.6 is 11.6 Å². The molecule has 146 valence electrons. The van der Waals surface area contributed by atoms with Crippen molar-refractivity contribution in [2.75, 3.05) is 32.2 Å². The summed E-state index contributed by atoms with van der Waals surface area (Å²) in [6.45, 7) is 0.585. The van der Waals surface area contributed by atoms with Crippen molar-refractivity contribution in [3.8, 4) is 5.88 Å². The first-order valence-electron chi connectivity index (χ1n) is 8.05. The van der Waals surface area contributed by atoms with E-state index in [1.54, 1.807) is 31.4 Å². The number of amides is 1. The van der Waals surface area contributed by atoms with Crippen molar-refractivity contribution in [3.63, 3.8) is 0 Å². The third-order valence-electron chi connectivity index (χ3n) is 3.34. The maximum absolute atomic E-state index is 12.2. The zero-order valence-electron chi connectivity index (χ0n) is 14.6. The van der Waals surface area contributed by atoms with Gasteiger partial charge in [-0.2, -0.15) is 0 Å². The predicted octanol–water partition coefficient (Wildman–Crippen LogP) is 2.07. The Morgan fingerprint density at radius 1 is 1.19 bits per heavy atom. The monoisotopic (exact) mass is 413 g/mol. The predicted molar refractivity (Wildman–Crippen MR) is 101 cm³/mol. The van der Waals surface area contributed by atoms with Gasteiger partial charge in [-0.25, -0.2) is 18.1 Å². The number of hydrogen-bond donors (Lipinski definition) is 2. The quantitative estimate of drug-likeness (QED) is 0.577. The molecular weight excluding hydrogens is 394 g/mol. The Bertz CT molecular complexity index is 876. The fourth-order valence-electron chi connectivity index (χ4n) is 2.07. The van der Waals surface area contributed by atoms with Crippen LogP contribution in [0, 0.1) is 0 Å². The van der Waals surface area contributed by atoms with Gasteiger partial charge >= 0.3 is 0 Å². The maximum Gasteiger partial charge on any atom is 0.242 e. The highest BCUT2D eigenvalue weighted by molar-refractivity contribution is 7.89. The molecule has 1 heterocycles. The van der Waals surface area contributed by atoms with Gasteiger partial charge in [-0.15, -0.1) is 0 Å². The molecule has 8 nitrogen and oxygen atoms in total.